The van der Waals surface area contributed by atoms with E-state index in [4.69, 9.17) is 11.0 Å². The first-order valence-corrected chi connectivity index (χ1v) is 3.71. The van der Waals surface area contributed by atoms with Crippen molar-refractivity contribution in [3.8, 4) is 0 Å². The number of nitrogens with zero attached hydrogens (tertiary/aromatic N) is 1. The fraction of sp³-hybridized carbons (Fsp3) is 0.444. The van der Waals surface area contributed by atoms with Crippen molar-refractivity contribution in [2.24, 2.45) is 0 Å². The SMILES string of the molecule is [C-]#[N+]CCCc1ccc(C)o1. The number of rotatable bonds is 3. The molecular weight excluding hydrogens is 138 g/mol. The molecule has 0 aromatic carbocycles. The first kappa shape index (κ1) is 7.87. The van der Waals surface area contributed by atoms with Crippen LogP contribution in [-0.4, -0.2) is 6.54 Å². The van der Waals surface area contributed by atoms with Gasteiger partial charge in [0, 0.05) is 12.8 Å². The summed E-state index contributed by atoms with van der Waals surface area (Å²) >= 11 is 0. The van der Waals surface area contributed by atoms with Gasteiger partial charge in [-0.1, -0.05) is 0 Å². The Labute approximate surface area is 66.7 Å². The van der Waals surface area contributed by atoms with E-state index in [-0.39, 0.29) is 0 Å². The van der Waals surface area contributed by atoms with Crippen molar-refractivity contribution in [2.75, 3.05) is 6.54 Å². The van der Waals surface area contributed by atoms with Crippen LogP contribution >= 0.6 is 0 Å². The van der Waals surface area contributed by atoms with E-state index >= 15 is 0 Å². The van der Waals surface area contributed by atoms with E-state index in [1.54, 1.807) is 0 Å². The molecule has 0 fully saturated rings. The quantitative estimate of drug-likeness (QED) is 0.476. The second-order valence-corrected chi connectivity index (χ2v) is 2.50. The van der Waals surface area contributed by atoms with Crippen LogP contribution in [0.1, 0.15) is 17.9 Å². The molecule has 1 aromatic heterocycles. The maximum atomic E-state index is 6.57. The molecule has 0 spiro atoms. The van der Waals surface area contributed by atoms with Crippen molar-refractivity contribution in [2.45, 2.75) is 19.8 Å². The first-order valence-electron chi connectivity index (χ1n) is 3.71. The minimum absolute atomic E-state index is 0.597. The summed E-state index contributed by atoms with van der Waals surface area (Å²) in [7, 11) is 0. The fourth-order valence-corrected chi connectivity index (χ4v) is 0.952. The third-order valence-corrected chi connectivity index (χ3v) is 1.49. The molecular formula is C9H11NO. The van der Waals surface area contributed by atoms with Crippen molar-refractivity contribution >= 4 is 0 Å². The Morgan fingerprint density at radius 3 is 2.91 bits per heavy atom. The van der Waals surface area contributed by atoms with Crippen LogP contribution in [0.25, 0.3) is 4.85 Å². The van der Waals surface area contributed by atoms with Gasteiger partial charge in [0.25, 0.3) is 0 Å². The lowest BCUT2D eigenvalue weighted by molar-refractivity contribution is 0.480. The van der Waals surface area contributed by atoms with Gasteiger partial charge >= 0.3 is 0 Å². The Hall–Kier alpha value is -1.23. The van der Waals surface area contributed by atoms with Crippen LogP contribution in [-0.2, 0) is 6.42 Å². The Morgan fingerprint density at radius 2 is 2.36 bits per heavy atom. The molecule has 0 bridgehead atoms. The Kier molecular flexibility index (Phi) is 2.74. The molecule has 0 aliphatic rings. The van der Waals surface area contributed by atoms with Crippen LogP contribution in [0.2, 0.25) is 0 Å². The Morgan fingerprint density at radius 1 is 1.55 bits per heavy atom. The van der Waals surface area contributed by atoms with Gasteiger partial charge in [0.2, 0.25) is 6.54 Å². The molecule has 1 aromatic rings. The van der Waals surface area contributed by atoms with Gasteiger partial charge in [-0.15, -0.1) is 0 Å². The molecule has 11 heavy (non-hydrogen) atoms. The molecule has 1 heterocycles. The molecule has 0 saturated carbocycles. The molecule has 0 aliphatic carbocycles. The highest BCUT2D eigenvalue weighted by atomic mass is 16.3. The average Bonchev–Trinajstić information content (AvgIpc) is 2.37. The standard InChI is InChI=1S/C9H11NO/c1-8-5-6-9(11-8)4-3-7-10-2/h5-6H,3-4,7H2,1H3. The smallest absolute Gasteiger partial charge is 0.215 e. The van der Waals surface area contributed by atoms with Gasteiger partial charge in [-0.2, -0.15) is 0 Å². The highest BCUT2D eigenvalue weighted by Crippen LogP contribution is 2.08. The molecule has 0 radical (unpaired) electrons. The third kappa shape index (κ3) is 2.46. The van der Waals surface area contributed by atoms with Crippen molar-refractivity contribution in [3.63, 3.8) is 0 Å². The number of hydrogen-bond donors (Lipinski definition) is 0. The van der Waals surface area contributed by atoms with E-state index in [1.165, 1.54) is 0 Å². The molecule has 0 atom stereocenters. The zero-order chi connectivity index (χ0) is 8.10. The largest absolute Gasteiger partial charge is 0.466 e. The minimum Gasteiger partial charge on any atom is -0.466 e. The molecule has 0 saturated heterocycles. The van der Waals surface area contributed by atoms with Crippen LogP contribution < -0.4 is 0 Å². The molecule has 1 rings (SSSR count). The molecule has 2 nitrogen and oxygen atoms in total. The van der Waals surface area contributed by atoms with Gasteiger partial charge in [-0.05, 0) is 19.1 Å². The van der Waals surface area contributed by atoms with E-state index in [1.807, 2.05) is 19.1 Å². The summed E-state index contributed by atoms with van der Waals surface area (Å²) in [5, 5.41) is 0. The summed E-state index contributed by atoms with van der Waals surface area (Å²) in [6, 6.07) is 3.92. The van der Waals surface area contributed by atoms with Gasteiger partial charge in [-0.3, -0.25) is 0 Å². The predicted molar refractivity (Wildman–Crippen MR) is 43.2 cm³/mol. The van der Waals surface area contributed by atoms with Crippen molar-refractivity contribution in [1.82, 2.24) is 0 Å². The van der Waals surface area contributed by atoms with Gasteiger partial charge in [0.05, 0.1) is 0 Å². The predicted octanol–water partition coefficient (Wildman–Crippen LogP) is 2.44. The number of furan rings is 1. The summed E-state index contributed by atoms with van der Waals surface area (Å²) < 4.78 is 5.33. The van der Waals surface area contributed by atoms with E-state index < -0.39 is 0 Å². The monoisotopic (exact) mass is 149 g/mol. The lowest BCUT2D eigenvalue weighted by atomic mass is 10.2. The molecule has 0 aliphatic heterocycles. The summed E-state index contributed by atoms with van der Waals surface area (Å²) in [5.74, 6) is 1.94. The van der Waals surface area contributed by atoms with Gasteiger partial charge in [0.1, 0.15) is 11.5 Å². The van der Waals surface area contributed by atoms with Crippen LogP contribution in [0.4, 0.5) is 0 Å². The zero-order valence-electron chi connectivity index (χ0n) is 6.63. The second-order valence-electron chi connectivity index (χ2n) is 2.50. The van der Waals surface area contributed by atoms with Gasteiger partial charge in [0.15, 0.2) is 0 Å². The van der Waals surface area contributed by atoms with Crippen molar-refractivity contribution < 1.29 is 4.42 Å². The molecule has 0 amide bonds. The van der Waals surface area contributed by atoms with Crippen LogP contribution in [0.5, 0.6) is 0 Å². The summed E-state index contributed by atoms with van der Waals surface area (Å²) in [4.78, 5) is 3.27. The molecule has 2 heteroatoms. The van der Waals surface area contributed by atoms with Crippen LogP contribution in [0.3, 0.4) is 0 Å². The molecule has 0 N–H and O–H groups in total. The van der Waals surface area contributed by atoms with E-state index in [2.05, 4.69) is 4.85 Å². The van der Waals surface area contributed by atoms with Gasteiger partial charge < -0.3 is 9.26 Å². The van der Waals surface area contributed by atoms with E-state index in [0.717, 1.165) is 24.4 Å². The highest BCUT2D eigenvalue weighted by molar-refractivity contribution is 5.05. The Balaban J connectivity index is 2.34. The molecule has 0 unspecified atom stereocenters. The zero-order valence-corrected chi connectivity index (χ0v) is 6.63. The highest BCUT2D eigenvalue weighted by Gasteiger charge is 1.98. The molecule has 58 valence electrons. The van der Waals surface area contributed by atoms with Crippen molar-refractivity contribution in [1.29, 1.82) is 0 Å². The lowest BCUT2D eigenvalue weighted by Crippen LogP contribution is -1.83. The second kappa shape index (κ2) is 3.82. The normalized spacial score (nSPS) is 9.45. The summed E-state index contributed by atoms with van der Waals surface area (Å²) in [6.45, 7) is 9.09. The van der Waals surface area contributed by atoms with E-state index in [9.17, 15) is 0 Å². The minimum atomic E-state index is 0.597. The number of hydrogen-bond acceptors (Lipinski definition) is 1. The maximum absolute atomic E-state index is 6.57. The summed E-state index contributed by atoms with van der Waals surface area (Å²) in [6.07, 6.45) is 1.78. The lowest BCUT2D eigenvalue weighted by Gasteiger charge is -1.89. The average molecular weight is 149 g/mol. The van der Waals surface area contributed by atoms with Crippen molar-refractivity contribution in [3.05, 3.63) is 35.1 Å². The van der Waals surface area contributed by atoms with Crippen LogP contribution in [0, 0.1) is 13.5 Å². The van der Waals surface area contributed by atoms with Gasteiger partial charge in [-0.25, -0.2) is 6.57 Å². The van der Waals surface area contributed by atoms with E-state index in [0.29, 0.717) is 6.54 Å². The maximum Gasteiger partial charge on any atom is 0.215 e. The topological polar surface area (TPSA) is 17.5 Å². The van der Waals surface area contributed by atoms with Crippen LogP contribution in [0.15, 0.2) is 16.5 Å². The fourth-order valence-electron chi connectivity index (χ4n) is 0.952. The summed E-state index contributed by atoms with van der Waals surface area (Å²) in [5.41, 5.74) is 0. The Bertz CT molecular complexity index is 257. The number of aryl methyl sites for hydroxylation is 2. The third-order valence-electron chi connectivity index (χ3n) is 1.49. The first-order chi connectivity index (χ1) is 5.33.